The molecule has 1 aliphatic heterocycles. The van der Waals surface area contributed by atoms with Gasteiger partial charge < -0.3 is 14.4 Å². The van der Waals surface area contributed by atoms with Gasteiger partial charge in [-0.15, -0.1) is 0 Å². The molecule has 1 aliphatic rings. The summed E-state index contributed by atoms with van der Waals surface area (Å²) >= 11 is 0. The van der Waals surface area contributed by atoms with Gasteiger partial charge in [0.1, 0.15) is 6.54 Å². The molecule has 0 saturated heterocycles. The maximum Gasteiger partial charge on any atom is 0.231 e. The molecule has 1 heterocycles. The van der Waals surface area contributed by atoms with E-state index in [-0.39, 0.29) is 6.79 Å². The monoisotopic (exact) mass is 204 g/mol. The molecule has 2 rings (SSSR count). The van der Waals surface area contributed by atoms with Crippen LogP contribution in [-0.2, 0) is 0 Å². The highest BCUT2D eigenvalue weighted by Crippen LogP contribution is 2.37. The second kappa shape index (κ2) is 3.70. The van der Waals surface area contributed by atoms with Crippen LogP contribution in [0.1, 0.15) is 5.56 Å². The van der Waals surface area contributed by atoms with Crippen LogP contribution in [0, 0.1) is 18.3 Å². The second-order valence-electron chi connectivity index (χ2n) is 3.51. The van der Waals surface area contributed by atoms with Crippen LogP contribution in [0.4, 0.5) is 5.69 Å². The third-order valence-corrected chi connectivity index (χ3v) is 2.41. The van der Waals surface area contributed by atoms with Gasteiger partial charge in [-0.2, -0.15) is 5.26 Å². The molecule has 0 unspecified atom stereocenters. The van der Waals surface area contributed by atoms with Crippen molar-refractivity contribution in [3.63, 3.8) is 0 Å². The largest absolute Gasteiger partial charge is 0.454 e. The fourth-order valence-corrected chi connectivity index (χ4v) is 1.64. The van der Waals surface area contributed by atoms with E-state index in [0.717, 1.165) is 22.7 Å². The summed E-state index contributed by atoms with van der Waals surface area (Å²) in [4.78, 5) is 1.89. The lowest BCUT2D eigenvalue weighted by atomic mass is 10.1. The number of fused-ring (bicyclic) bond motifs is 1. The summed E-state index contributed by atoms with van der Waals surface area (Å²) in [6.45, 7) is 2.63. The topological polar surface area (TPSA) is 45.5 Å². The molecule has 0 amide bonds. The van der Waals surface area contributed by atoms with Crippen molar-refractivity contribution in [2.75, 3.05) is 25.3 Å². The second-order valence-corrected chi connectivity index (χ2v) is 3.51. The van der Waals surface area contributed by atoms with Crippen LogP contribution >= 0.6 is 0 Å². The molecule has 1 aromatic rings. The van der Waals surface area contributed by atoms with Gasteiger partial charge in [-0.05, 0) is 18.6 Å². The fourth-order valence-electron chi connectivity index (χ4n) is 1.64. The quantitative estimate of drug-likeness (QED) is 0.687. The minimum Gasteiger partial charge on any atom is -0.454 e. The Balaban J connectivity index is 2.37. The molecule has 0 bridgehead atoms. The summed E-state index contributed by atoms with van der Waals surface area (Å²) < 4.78 is 10.6. The maximum atomic E-state index is 8.63. The predicted octanol–water partition coefficient (Wildman–Crippen LogP) is 1.68. The van der Waals surface area contributed by atoms with Crippen molar-refractivity contribution < 1.29 is 9.47 Å². The zero-order chi connectivity index (χ0) is 10.8. The highest BCUT2D eigenvalue weighted by molar-refractivity contribution is 5.62. The number of hydrogen-bond donors (Lipinski definition) is 0. The van der Waals surface area contributed by atoms with E-state index < -0.39 is 0 Å². The van der Waals surface area contributed by atoms with Crippen molar-refractivity contribution in [3.05, 3.63) is 17.7 Å². The number of aryl methyl sites for hydroxylation is 1. The van der Waals surface area contributed by atoms with E-state index in [1.54, 1.807) is 0 Å². The Bertz CT molecular complexity index is 423. The van der Waals surface area contributed by atoms with Crippen molar-refractivity contribution >= 4 is 5.69 Å². The zero-order valence-corrected chi connectivity index (χ0v) is 8.78. The molecule has 15 heavy (non-hydrogen) atoms. The SMILES string of the molecule is Cc1cc2c(cc1N(C)CC#N)OCO2. The van der Waals surface area contributed by atoms with Crippen molar-refractivity contribution in [3.8, 4) is 17.6 Å². The average Bonchev–Trinajstić information content (AvgIpc) is 2.63. The first-order valence-electron chi connectivity index (χ1n) is 4.70. The number of benzene rings is 1. The van der Waals surface area contributed by atoms with Gasteiger partial charge in [0.15, 0.2) is 11.5 Å². The lowest BCUT2D eigenvalue weighted by Crippen LogP contribution is -2.17. The van der Waals surface area contributed by atoms with Gasteiger partial charge in [-0.25, -0.2) is 0 Å². The molecule has 0 spiro atoms. The first-order chi connectivity index (χ1) is 7.22. The van der Waals surface area contributed by atoms with Crippen LogP contribution in [0.2, 0.25) is 0 Å². The molecule has 4 nitrogen and oxygen atoms in total. The normalized spacial score (nSPS) is 12.3. The summed E-state index contributed by atoms with van der Waals surface area (Å²) in [5.74, 6) is 1.53. The molecule has 4 heteroatoms. The highest BCUT2D eigenvalue weighted by Gasteiger charge is 2.16. The van der Waals surface area contributed by atoms with E-state index in [2.05, 4.69) is 6.07 Å². The van der Waals surface area contributed by atoms with Crippen LogP contribution in [0.5, 0.6) is 11.5 Å². The highest BCUT2D eigenvalue weighted by atomic mass is 16.7. The van der Waals surface area contributed by atoms with Gasteiger partial charge in [0.2, 0.25) is 6.79 Å². The molecule has 0 atom stereocenters. The fraction of sp³-hybridized carbons (Fsp3) is 0.364. The predicted molar refractivity (Wildman–Crippen MR) is 56.2 cm³/mol. The van der Waals surface area contributed by atoms with Gasteiger partial charge in [0, 0.05) is 18.8 Å². The first-order valence-corrected chi connectivity index (χ1v) is 4.70. The number of rotatable bonds is 2. The Kier molecular flexibility index (Phi) is 2.38. The van der Waals surface area contributed by atoms with Crippen molar-refractivity contribution in [2.45, 2.75) is 6.92 Å². The molecular formula is C11H12N2O2. The van der Waals surface area contributed by atoms with Crippen molar-refractivity contribution in [1.82, 2.24) is 0 Å². The van der Waals surface area contributed by atoms with Crippen molar-refractivity contribution in [1.29, 1.82) is 5.26 Å². The number of anilines is 1. The lowest BCUT2D eigenvalue weighted by molar-refractivity contribution is 0.174. The van der Waals surface area contributed by atoms with Gasteiger partial charge in [0.05, 0.1) is 6.07 Å². The van der Waals surface area contributed by atoms with Gasteiger partial charge in [-0.3, -0.25) is 0 Å². The van der Waals surface area contributed by atoms with Gasteiger partial charge in [0.25, 0.3) is 0 Å². The molecule has 0 radical (unpaired) electrons. The molecule has 0 aromatic heterocycles. The van der Waals surface area contributed by atoms with Gasteiger partial charge in [-0.1, -0.05) is 0 Å². The molecule has 0 aliphatic carbocycles. The smallest absolute Gasteiger partial charge is 0.231 e. The Morgan fingerprint density at radius 1 is 1.40 bits per heavy atom. The summed E-state index contributed by atoms with van der Waals surface area (Å²) in [5.41, 5.74) is 2.08. The Hall–Kier alpha value is -1.89. The molecule has 0 saturated carbocycles. The lowest BCUT2D eigenvalue weighted by Gasteiger charge is -2.18. The van der Waals surface area contributed by atoms with Crippen LogP contribution in [0.15, 0.2) is 12.1 Å². The maximum absolute atomic E-state index is 8.63. The summed E-state index contributed by atoms with van der Waals surface area (Å²) in [6, 6.07) is 5.96. The molecular weight excluding hydrogens is 192 g/mol. The zero-order valence-electron chi connectivity index (χ0n) is 8.78. The van der Waals surface area contributed by atoms with Gasteiger partial charge >= 0.3 is 0 Å². The van der Waals surface area contributed by atoms with Crippen LogP contribution in [0.25, 0.3) is 0 Å². The number of nitriles is 1. The summed E-state index contributed by atoms with van der Waals surface area (Å²) in [7, 11) is 1.88. The van der Waals surface area contributed by atoms with Crippen LogP contribution in [0.3, 0.4) is 0 Å². The Morgan fingerprint density at radius 3 is 2.73 bits per heavy atom. The summed E-state index contributed by atoms with van der Waals surface area (Å²) in [6.07, 6.45) is 0. The van der Waals surface area contributed by atoms with E-state index in [0.29, 0.717) is 6.54 Å². The standard InChI is InChI=1S/C11H12N2O2/c1-8-5-10-11(15-7-14-10)6-9(8)13(2)4-3-12/h5-6H,4,7H2,1-2H3. The molecule has 0 N–H and O–H groups in total. The minimum atomic E-state index is 0.278. The molecule has 78 valence electrons. The summed E-state index contributed by atoms with van der Waals surface area (Å²) in [5, 5.41) is 8.63. The molecule has 0 fully saturated rings. The Morgan fingerprint density at radius 2 is 2.07 bits per heavy atom. The third-order valence-electron chi connectivity index (χ3n) is 2.41. The first kappa shape index (κ1) is 9.66. The third kappa shape index (κ3) is 1.68. The number of nitrogens with zero attached hydrogens (tertiary/aromatic N) is 2. The molecule has 1 aromatic carbocycles. The number of hydrogen-bond acceptors (Lipinski definition) is 4. The van der Waals surface area contributed by atoms with E-state index in [1.807, 2.05) is 31.0 Å². The van der Waals surface area contributed by atoms with Crippen LogP contribution < -0.4 is 14.4 Å². The van der Waals surface area contributed by atoms with Crippen LogP contribution in [-0.4, -0.2) is 20.4 Å². The van der Waals surface area contributed by atoms with E-state index in [9.17, 15) is 0 Å². The minimum absolute atomic E-state index is 0.278. The van der Waals surface area contributed by atoms with E-state index in [4.69, 9.17) is 14.7 Å². The van der Waals surface area contributed by atoms with E-state index >= 15 is 0 Å². The van der Waals surface area contributed by atoms with Crippen molar-refractivity contribution in [2.24, 2.45) is 0 Å². The Labute approximate surface area is 88.6 Å². The number of ether oxygens (including phenoxy) is 2. The average molecular weight is 204 g/mol. The van der Waals surface area contributed by atoms with E-state index in [1.165, 1.54) is 0 Å².